The fraction of sp³-hybridized carbons (Fsp3) is 0.211. The van der Waals surface area contributed by atoms with E-state index in [2.05, 4.69) is 25.6 Å². The SMILES string of the molecule is Cl.Nc1nonc1C(=O)NCCNCc1cc(Cl)ccc1OCc1ccccc1Cl. The highest BCUT2D eigenvalue weighted by atomic mass is 35.5. The lowest BCUT2D eigenvalue weighted by molar-refractivity contribution is 0.0944. The van der Waals surface area contributed by atoms with Crippen molar-refractivity contribution in [1.82, 2.24) is 20.9 Å². The van der Waals surface area contributed by atoms with Crippen LogP contribution in [0, 0.1) is 0 Å². The van der Waals surface area contributed by atoms with Gasteiger partial charge in [0.15, 0.2) is 0 Å². The molecule has 3 rings (SSSR count). The minimum atomic E-state index is -0.447. The van der Waals surface area contributed by atoms with Crippen LogP contribution in [0.4, 0.5) is 5.82 Å². The van der Waals surface area contributed by atoms with Gasteiger partial charge in [-0.1, -0.05) is 41.4 Å². The minimum Gasteiger partial charge on any atom is -0.489 e. The van der Waals surface area contributed by atoms with E-state index in [1.54, 1.807) is 6.07 Å². The zero-order chi connectivity index (χ0) is 20.6. The van der Waals surface area contributed by atoms with E-state index in [4.69, 9.17) is 33.7 Å². The van der Waals surface area contributed by atoms with Crippen LogP contribution < -0.4 is 21.1 Å². The minimum absolute atomic E-state index is 0. The van der Waals surface area contributed by atoms with Gasteiger partial charge in [-0.3, -0.25) is 4.79 Å². The number of anilines is 1. The molecular formula is C19H20Cl3N5O3. The Morgan fingerprint density at radius 2 is 1.90 bits per heavy atom. The van der Waals surface area contributed by atoms with Gasteiger partial charge >= 0.3 is 0 Å². The number of hydrogen-bond donors (Lipinski definition) is 3. The van der Waals surface area contributed by atoms with Gasteiger partial charge < -0.3 is 21.1 Å². The summed E-state index contributed by atoms with van der Waals surface area (Å²) in [6, 6.07) is 12.9. The van der Waals surface area contributed by atoms with Crippen LogP contribution in [0.15, 0.2) is 47.1 Å². The van der Waals surface area contributed by atoms with Gasteiger partial charge in [-0.25, -0.2) is 4.63 Å². The zero-order valence-corrected chi connectivity index (χ0v) is 18.1. The molecule has 0 fully saturated rings. The van der Waals surface area contributed by atoms with Gasteiger partial charge in [0.1, 0.15) is 12.4 Å². The molecule has 11 heteroatoms. The van der Waals surface area contributed by atoms with Gasteiger partial charge in [0.2, 0.25) is 11.5 Å². The molecule has 1 amide bonds. The molecule has 2 aromatic carbocycles. The van der Waals surface area contributed by atoms with Crippen LogP contribution >= 0.6 is 35.6 Å². The lowest BCUT2D eigenvalue weighted by Crippen LogP contribution is -2.32. The second-order valence-corrected chi connectivity index (χ2v) is 6.91. The fourth-order valence-electron chi connectivity index (χ4n) is 2.52. The number of nitrogen functional groups attached to an aromatic ring is 1. The summed E-state index contributed by atoms with van der Waals surface area (Å²) in [4.78, 5) is 11.9. The highest BCUT2D eigenvalue weighted by Gasteiger charge is 2.15. The van der Waals surface area contributed by atoms with Crippen molar-refractivity contribution in [1.29, 1.82) is 0 Å². The summed E-state index contributed by atoms with van der Waals surface area (Å²) in [6.45, 7) is 1.72. The summed E-state index contributed by atoms with van der Waals surface area (Å²) in [5, 5.41) is 14.0. The van der Waals surface area contributed by atoms with E-state index >= 15 is 0 Å². The summed E-state index contributed by atoms with van der Waals surface area (Å²) in [6.07, 6.45) is 0. The van der Waals surface area contributed by atoms with Gasteiger partial charge in [0.25, 0.3) is 5.91 Å². The van der Waals surface area contributed by atoms with Crippen molar-refractivity contribution in [2.75, 3.05) is 18.8 Å². The molecule has 0 spiro atoms. The number of benzene rings is 2. The summed E-state index contributed by atoms with van der Waals surface area (Å²) in [5.41, 5.74) is 7.23. The average Bonchev–Trinajstić information content (AvgIpc) is 3.14. The Balaban J connectivity index is 0.00000320. The van der Waals surface area contributed by atoms with Gasteiger partial charge in [-0.05, 0) is 34.6 Å². The van der Waals surface area contributed by atoms with Crippen LogP contribution in [0.25, 0.3) is 0 Å². The molecule has 0 bridgehead atoms. The van der Waals surface area contributed by atoms with Crippen molar-refractivity contribution in [2.24, 2.45) is 0 Å². The predicted octanol–water partition coefficient (Wildman–Crippen LogP) is 3.48. The number of carbonyl (C=O) groups is 1. The Morgan fingerprint density at radius 1 is 1.10 bits per heavy atom. The zero-order valence-electron chi connectivity index (χ0n) is 15.7. The number of carbonyl (C=O) groups excluding carboxylic acids is 1. The second kappa shape index (κ2) is 11.6. The van der Waals surface area contributed by atoms with Crippen LogP contribution in [0.1, 0.15) is 21.6 Å². The topological polar surface area (TPSA) is 115 Å². The molecule has 0 saturated carbocycles. The van der Waals surface area contributed by atoms with Crippen molar-refractivity contribution in [3.8, 4) is 5.75 Å². The van der Waals surface area contributed by atoms with E-state index in [1.165, 1.54) is 0 Å². The first-order chi connectivity index (χ1) is 14.0. The van der Waals surface area contributed by atoms with Gasteiger partial charge in [-0.15, -0.1) is 12.4 Å². The van der Waals surface area contributed by atoms with E-state index in [1.807, 2.05) is 36.4 Å². The molecule has 0 unspecified atom stereocenters. The Bertz CT molecular complexity index is 984. The third kappa shape index (κ3) is 6.50. The van der Waals surface area contributed by atoms with E-state index in [0.717, 1.165) is 11.1 Å². The van der Waals surface area contributed by atoms with Crippen LogP contribution in [0.2, 0.25) is 10.0 Å². The maximum atomic E-state index is 11.9. The molecular weight excluding hydrogens is 453 g/mol. The van der Waals surface area contributed by atoms with Crippen LogP contribution in [-0.4, -0.2) is 29.3 Å². The van der Waals surface area contributed by atoms with Crippen LogP contribution in [0.5, 0.6) is 5.75 Å². The number of rotatable bonds is 9. The highest BCUT2D eigenvalue weighted by molar-refractivity contribution is 6.31. The Hall–Kier alpha value is -2.52. The first-order valence-corrected chi connectivity index (χ1v) is 9.52. The van der Waals surface area contributed by atoms with Gasteiger partial charge in [0.05, 0.1) is 0 Å². The fourth-order valence-corrected chi connectivity index (χ4v) is 2.91. The third-order valence-electron chi connectivity index (χ3n) is 4.00. The number of amides is 1. The first kappa shape index (κ1) is 23.8. The Labute approximate surface area is 189 Å². The van der Waals surface area contributed by atoms with Crippen molar-refractivity contribution in [3.05, 3.63) is 69.3 Å². The largest absolute Gasteiger partial charge is 0.489 e. The number of nitrogens with zero attached hydrogens (tertiary/aromatic N) is 2. The standard InChI is InChI=1S/C19H19Cl2N5O3.ClH/c20-14-5-6-16(28-11-12-3-1-2-4-15(12)21)13(9-14)10-23-7-8-24-19(27)17-18(22)26-29-25-17;/h1-6,9,23H,7-8,10-11H2,(H2,22,26)(H,24,27);1H. The second-order valence-electron chi connectivity index (χ2n) is 6.06. The maximum absolute atomic E-state index is 11.9. The smallest absolute Gasteiger partial charge is 0.277 e. The lowest BCUT2D eigenvalue weighted by Gasteiger charge is -2.13. The molecule has 8 nitrogen and oxygen atoms in total. The van der Waals surface area contributed by atoms with Gasteiger partial charge in [0, 0.05) is 40.8 Å². The summed E-state index contributed by atoms with van der Waals surface area (Å²) >= 11 is 12.3. The molecule has 160 valence electrons. The molecule has 1 aromatic heterocycles. The van der Waals surface area contributed by atoms with Crippen molar-refractivity contribution in [2.45, 2.75) is 13.2 Å². The summed E-state index contributed by atoms with van der Waals surface area (Å²) < 4.78 is 10.3. The molecule has 0 aliphatic heterocycles. The highest BCUT2D eigenvalue weighted by Crippen LogP contribution is 2.25. The van der Waals surface area contributed by atoms with E-state index in [0.29, 0.717) is 42.0 Å². The Kier molecular flexibility index (Phi) is 9.19. The van der Waals surface area contributed by atoms with Gasteiger partial charge in [-0.2, -0.15) is 0 Å². The molecule has 0 aliphatic carbocycles. The number of aromatic nitrogens is 2. The maximum Gasteiger partial charge on any atom is 0.277 e. The number of halogens is 3. The van der Waals surface area contributed by atoms with Crippen LogP contribution in [0.3, 0.4) is 0 Å². The van der Waals surface area contributed by atoms with E-state index in [9.17, 15) is 4.79 Å². The lowest BCUT2D eigenvalue weighted by atomic mass is 10.2. The number of ether oxygens (including phenoxy) is 1. The molecule has 0 radical (unpaired) electrons. The number of hydrogen-bond acceptors (Lipinski definition) is 7. The number of nitrogens with one attached hydrogen (secondary N) is 2. The van der Waals surface area contributed by atoms with E-state index < -0.39 is 5.91 Å². The predicted molar refractivity (Wildman–Crippen MR) is 117 cm³/mol. The molecule has 4 N–H and O–H groups in total. The molecule has 1 heterocycles. The van der Waals surface area contributed by atoms with Crippen molar-refractivity contribution >= 4 is 47.3 Å². The average molecular weight is 473 g/mol. The third-order valence-corrected chi connectivity index (χ3v) is 4.60. The van der Waals surface area contributed by atoms with Crippen molar-refractivity contribution < 1.29 is 14.2 Å². The number of nitrogens with two attached hydrogens (primary N) is 1. The normalized spacial score (nSPS) is 10.3. The molecule has 0 saturated heterocycles. The monoisotopic (exact) mass is 471 g/mol. The quantitative estimate of drug-likeness (QED) is 0.408. The first-order valence-electron chi connectivity index (χ1n) is 8.76. The summed E-state index contributed by atoms with van der Waals surface area (Å²) in [5.74, 6) is 0.207. The Morgan fingerprint density at radius 3 is 2.63 bits per heavy atom. The van der Waals surface area contributed by atoms with Crippen molar-refractivity contribution in [3.63, 3.8) is 0 Å². The molecule has 30 heavy (non-hydrogen) atoms. The summed E-state index contributed by atoms with van der Waals surface area (Å²) in [7, 11) is 0. The molecule has 0 aliphatic rings. The molecule has 0 atom stereocenters. The van der Waals surface area contributed by atoms with E-state index in [-0.39, 0.29) is 23.9 Å². The molecule has 3 aromatic rings. The van der Waals surface area contributed by atoms with Crippen LogP contribution in [-0.2, 0) is 13.2 Å².